The molecule has 1 aromatic rings. The van der Waals surface area contributed by atoms with Crippen molar-refractivity contribution in [3.8, 4) is 5.88 Å². The third kappa shape index (κ3) is 3.65. The van der Waals surface area contributed by atoms with Crippen molar-refractivity contribution in [1.82, 2.24) is 20.4 Å². The molecule has 1 aromatic heterocycles. The van der Waals surface area contributed by atoms with Crippen molar-refractivity contribution in [2.45, 2.75) is 31.8 Å². The van der Waals surface area contributed by atoms with E-state index >= 15 is 0 Å². The molecule has 1 aliphatic heterocycles. The summed E-state index contributed by atoms with van der Waals surface area (Å²) in [5.74, 6) is 0.619. The summed E-state index contributed by atoms with van der Waals surface area (Å²) >= 11 is 0. The molecule has 0 spiro atoms. The number of rotatable bonds is 5. The number of ether oxygens (including phenoxy) is 1. The number of hydrogen-bond donors (Lipinski definition) is 1. The summed E-state index contributed by atoms with van der Waals surface area (Å²) in [6.45, 7) is 2.61. The first-order valence-electron chi connectivity index (χ1n) is 6.60. The molecule has 2 rings (SSSR count). The zero-order valence-corrected chi connectivity index (χ0v) is 11.2. The Morgan fingerprint density at radius 2 is 2.28 bits per heavy atom. The van der Waals surface area contributed by atoms with Crippen LogP contribution in [0.5, 0.6) is 5.88 Å². The van der Waals surface area contributed by atoms with Crippen molar-refractivity contribution < 1.29 is 4.74 Å². The van der Waals surface area contributed by atoms with Gasteiger partial charge in [0, 0.05) is 18.7 Å². The highest BCUT2D eigenvalue weighted by molar-refractivity contribution is 5.11. The molecule has 18 heavy (non-hydrogen) atoms. The van der Waals surface area contributed by atoms with E-state index in [4.69, 9.17) is 4.74 Å². The Labute approximate surface area is 109 Å². The van der Waals surface area contributed by atoms with Crippen LogP contribution < -0.4 is 10.1 Å². The monoisotopic (exact) mass is 250 g/mol. The van der Waals surface area contributed by atoms with Crippen LogP contribution in [-0.2, 0) is 6.54 Å². The zero-order valence-electron chi connectivity index (χ0n) is 11.2. The SMILES string of the molecule is CNCc1ccc(OCC2CCCCN2C)nn1. The molecule has 0 aromatic carbocycles. The summed E-state index contributed by atoms with van der Waals surface area (Å²) in [6.07, 6.45) is 3.80. The molecule has 5 heteroatoms. The second kappa shape index (κ2) is 6.66. The molecule has 0 saturated carbocycles. The molecule has 1 saturated heterocycles. The van der Waals surface area contributed by atoms with Crippen LogP contribution in [0.1, 0.15) is 25.0 Å². The van der Waals surface area contributed by atoms with Crippen molar-refractivity contribution in [3.63, 3.8) is 0 Å². The van der Waals surface area contributed by atoms with Crippen LogP contribution in [0.3, 0.4) is 0 Å². The van der Waals surface area contributed by atoms with Gasteiger partial charge in [-0.2, -0.15) is 5.10 Å². The molecular formula is C13H22N4O. The number of nitrogens with one attached hydrogen (secondary N) is 1. The number of hydrogen-bond acceptors (Lipinski definition) is 5. The van der Waals surface area contributed by atoms with Gasteiger partial charge in [0.1, 0.15) is 6.61 Å². The van der Waals surface area contributed by atoms with Crippen LogP contribution in [0.4, 0.5) is 0 Å². The second-order valence-corrected chi connectivity index (χ2v) is 4.83. The van der Waals surface area contributed by atoms with Gasteiger partial charge in [-0.3, -0.25) is 0 Å². The third-order valence-electron chi connectivity index (χ3n) is 3.40. The maximum atomic E-state index is 5.71. The van der Waals surface area contributed by atoms with Gasteiger partial charge in [0.2, 0.25) is 5.88 Å². The summed E-state index contributed by atoms with van der Waals surface area (Å²) in [6, 6.07) is 4.35. The Morgan fingerprint density at radius 1 is 1.39 bits per heavy atom. The lowest BCUT2D eigenvalue weighted by Crippen LogP contribution is -2.40. The largest absolute Gasteiger partial charge is 0.475 e. The highest BCUT2D eigenvalue weighted by Crippen LogP contribution is 2.16. The van der Waals surface area contributed by atoms with Crippen LogP contribution in [0, 0.1) is 0 Å². The fourth-order valence-electron chi connectivity index (χ4n) is 2.24. The van der Waals surface area contributed by atoms with E-state index < -0.39 is 0 Å². The molecular weight excluding hydrogens is 228 g/mol. The van der Waals surface area contributed by atoms with Gasteiger partial charge in [-0.05, 0) is 39.5 Å². The molecule has 5 nitrogen and oxygen atoms in total. The molecule has 1 atom stereocenters. The Balaban J connectivity index is 1.82. The van der Waals surface area contributed by atoms with Gasteiger partial charge in [0.15, 0.2) is 0 Å². The normalized spacial score (nSPS) is 20.9. The van der Waals surface area contributed by atoms with Crippen molar-refractivity contribution >= 4 is 0 Å². The van der Waals surface area contributed by atoms with Crippen molar-refractivity contribution in [3.05, 3.63) is 17.8 Å². The second-order valence-electron chi connectivity index (χ2n) is 4.83. The molecule has 1 unspecified atom stereocenters. The highest BCUT2D eigenvalue weighted by atomic mass is 16.5. The van der Waals surface area contributed by atoms with Gasteiger partial charge >= 0.3 is 0 Å². The molecule has 0 radical (unpaired) electrons. The summed E-state index contributed by atoms with van der Waals surface area (Å²) in [7, 11) is 4.06. The minimum absolute atomic E-state index is 0.512. The molecule has 1 N–H and O–H groups in total. The average Bonchev–Trinajstić information content (AvgIpc) is 2.40. The standard InChI is InChI=1S/C13H22N4O/c1-14-9-11-6-7-13(16-15-11)18-10-12-5-3-4-8-17(12)2/h6-7,12,14H,3-5,8-10H2,1-2H3. The maximum Gasteiger partial charge on any atom is 0.233 e. The zero-order chi connectivity index (χ0) is 12.8. The van der Waals surface area contributed by atoms with E-state index in [-0.39, 0.29) is 0 Å². The summed E-state index contributed by atoms with van der Waals surface area (Å²) < 4.78 is 5.71. The minimum Gasteiger partial charge on any atom is -0.475 e. The lowest BCUT2D eigenvalue weighted by Gasteiger charge is -2.31. The van der Waals surface area contributed by atoms with E-state index in [1.165, 1.54) is 25.8 Å². The first-order chi connectivity index (χ1) is 8.79. The lowest BCUT2D eigenvalue weighted by atomic mass is 10.0. The van der Waals surface area contributed by atoms with Crippen molar-refractivity contribution in [2.24, 2.45) is 0 Å². The van der Waals surface area contributed by atoms with E-state index in [0.29, 0.717) is 18.5 Å². The Morgan fingerprint density at radius 3 is 2.94 bits per heavy atom. The van der Waals surface area contributed by atoms with Gasteiger partial charge in [-0.25, -0.2) is 0 Å². The third-order valence-corrected chi connectivity index (χ3v) is 3.40. The van der Waals surface area contributed by atoms with Gasteiger partial charge < -0.3 is 15.0 Å². The van der Waals surface area contributed by atoms with Crippen molar-refractivity contribution in [1.29, 1.82) is 0 Å². The van der Waals surface area contributed by atoms with Gasteiger partial charge in [0.25, 0.3) is 0 Å². The topological polar surface area (TPSA) is 50.3 Å². The van der Waals surface area contributed by atoms with E-state index in [9.17, 15) is 0 Å². The summed E-state index contributed by atoms with van der Waals surface area (Å²) in [5, 5.41) is 11.2. The highest BCUT2D eigenvalue weighted by Gasteiger charge is 2.19. The fraction of sp³-hybridized carbons (Fsp3) is 0.692. The van der Waals surface area contributed by atoms with Gasteiger partial charge in [0.05, 0.1) is 5.69 Å². The Bertz CT molecular complexity index is 355. The van der Waals surface area contributed by atoms with Crippen molar-refractivity contribution in [2.75, 3.05) is 27.2 Å². The van der Waals surface area contributed by atoms with Crippen LogP contribution in [-0.4, -0.2) is 48.4 Å². The number of aromatic nitrogens is 2. The molecule has 0 aliphatic carbocycles. The number of likely N-dealkylation sites (tertiary alicyclic amines) is 1. The fourth-order valence-corrected chi connectivity index (χ4v) is 2.24. The molecule has 1 aliphatic rings. The molecule has 0 bridgehead atoms. The van der Waals surface area contributed by atoms with Crippen LogP contribution >= 0.6 is 0 Å². The Hall–Kier alpha value is -1.20. The van der Waals surface area contributed by atoms with Crippen LogP contribution in [0.25, 0.3) is 0 Å². The molecule has 2 heterocycles. The Kier molecular flexibility index (Phi) is 4.90. The lowest BCUT2D eigenvalue weighted by molar-refractivity contribution is 0.122. The number of piperidine rings is 1. The maximum absolute atomic E-state index is 5.71. The van der Waals surface area contributed by atoms with Crippen LogP contribution in [0.2, 0.25) is 0 Å². The first-order valence-corrected chi connectivity index (χ1v) is 6.60. The number of nitrogens with zero attached hydrogens (tertiary/aromatic N) is 3. The molecule has 1 fully saturated rings. The van der Waals surface area contributed by atoms with Gasteiger partial charge in [-0.15, -0.1) is 5.10 Å². The van der Waals surface area contributed by atoms with E-state index in [0.717, 1.165) is 12.2 Å². The van der Waals surface area contributed by atoms with E-state index in [2.05, 4.69) is 27.5 Å². The minimum atomic E-state index is 0.512. The smallest absolute Gasteiger partial charge is 0.233 e. The summed E-state index contributed by atoms with van der Waals surface area (Å²) in [4.78, 5) is 2.37. The average molecular weight is 250 g/mol. The first kappa shape index (κ1) is 13.2. The van der Waals surface area contributed by atoms with Crippen LogP contribution in [0.15, 0.2) is 12.1 Å². The predicted octanol–water partition coefficient (Wildman–Crippen LogP) is 1.06. The van der Waals surface area contributed by atoms with E-state index in [1.807, 2.05) is 19.2 Å². The molecule has 0 amide bonds. The van der Waals surface area contributed by atoms with Gasteiger partial charge in [-0.1, -0.05) is 6.42 Å². The number of likely N-dealkylation sites (N-methyl/N-ethyl adjacent to an activating group) is 1. The predicted molar refractivity (Wildman–Crippen MR) is 70.6 cm³/mol. The summed E-state index contributed by atoms with van der Waals surface area (Å²) in [5.41, 5.74) is 0.930. The van der Waals surface area contributed by atoms with E-state index in [1.54, 1.807) is 0 Å². The quantitative estimate of drug-likeness (QED) is 0.847. The molecule has 100 valence electrons.